The van der Waals surface area contributed by atoms with E-state index in [0.29, 0.717) is 11.8 Å². The summed E-state index contributed by atoms with van der Waals surface area (Å²) in [5.41, 5.74) is 0.774. The number of carbonyl (C=O) groups excluding carboxylic acids is 1. The third-order valence-corrected chi connectivity index (χ3v) is 2.98. The quantitative estimate of drug-likeness (QED) is 0.772. The van der Waals surface area contributed by atoms with Crippen molar-refractivity contribution in [2.45, 2.75) is 52.1 Å². The summed E-state index contributed by atoms with van der Waals surface area (Å²) < 4.78 is 10.6. The number of esters is 1. The van der Waals surface area contributed by atoms with Gasteiger partial charge in [-0.15, -0.1) is 10.2 Å². The van der Waals surface area contributed by atoms with Crippen LogP contribution in [0, 0.1) is 6.92 Å². The first-order valence-electron chi connectivity index (χ1n) is 6.37. The van der Waals surface area contributed by atoms with Gasteiger partial charge in [-0.3, -0.25) is 0 Å². The smallest absolute Gasteiger partial charge is 0.334 e. The monoisotopic (exact) mass is 250 g/mol. The molecule has 18 heavy (non-hydrogen) atoms. The summed E-state index contributed by atoms with van der Waals surface area (Å²) in [6, 6.07) is 0. The Kier molecular flexibility index (Phi) is 4.12. The molecular formula is C13H18N2O3. The van der Waals surface area contributed by atoms with Gasteiger partial charge in [0.05, 0.1) is 0 Å². The van der Waals surface area contributed by atoms with Crippen LogP contribution < -0.4 is 0 Å². The molecule has 0 unspecified atom stereocenters. The van der Waals surface area contributed by atoms with E-state index in [4.69, 9.17) is 9.15 Å². The zero-order valence-electron chi connectivity index (χ0n) is 10.8. The van der Waals surface area contributed by atoms with E-state index in [9.17, 15) is 4.79 Å². The van der Waals surface area contributed by atoms with Gasteiger partial charge in [0, 0.05) is 12.5 Å². The minimum atomic E-state index is -0.497. The van der Waals surface area contributed by atoms with Crippen LogP contribution in [0.3, 0.4) is 0 Å². The molecule has 1 aliphatic carbocycles. The van der Waals surface area contributed by atoms with Gasteiger partial charge in [-0.2, -0.15) is 0 Å². The highest BCUT2D eigenvalue weighted by Gasteiger charge is 2.20. The predicted octanol–water partition coefficient (Wildman–Crippen LogP) is 2.87. The minimum absolute atomic E-state index is 0.264. The Morgan fingerprint density at radius 3 is 2.94 bits per heavy atom. The van der Waals surface area contributed by atoms with E-state index < -0.39 is 6.10 Å². The summed E-state index contributed by atoms with van der Waals surface area (Å²) in [4.78, 5) is 12.0. The third kappa shape index (κ3) is 3.18. The molecule has 0 aliphatic heterocycles. The van der Waals surface area contributed by atoms with Crippen molar-refractivity contribution in [1.82, 2.24) is 10.2 Å². The van der Waals surface area contributed by atoms with Crippen LogP contribution in [0.2, 0.25) is 0 Å². The van der Waals surface area contributed by atoms with Crippen molar-refractivity contribution in [3.8, 4) is 0 Å². The Balaban J connectivity index is 1.96. The summed E-state index contributed by atoms with van der Waals surface area (Å²) in [6.07, 6.45) is 6.62. The lowest BCUT2D eigenvalue weighted by molar-refractivity contribution is -0.145. The number of nitrogens with zero attached hydrogens (tertiary/aromatic N) is 2. The fourth-order valence-corrected chi connectivity index (χ4v) is 1.96. The van der Waals surface area contributed by atoms with Crippen molar-refractivity contribution in [3.05, 3.63) is 23.4 Å². The standard InChI is InChI=1S/C13H18N2O3/c1-9(12-15-14-10(2)18-12)17-13(16)11-7-5-3-4-6-8-11/h7,9H,3-6,8H2,1-2H3/t9-/m1/s1. The largest absolute Gasteiger partial charge is 0.449 e. The molecule has 0 saturated carbocycles. The van der Waals surface area contributed by atoms with Gasteiger partial charge in [0.25, 0.3) is 5.89 Å². The summed E-state index contributed by atoms with van der Waals surface area (Å²) in [5, 5.41) is 7.57. The topological polar surface area (TPSA) is 65.2 Å². The molecule has 0 N–H and O–H groups in total. The number of carbonyl (C=O) groups is 1. The number of hydrogen-bond donors (Lipinski definition) is 0. The Morgan fingerprint density at radius 2 is 2.22 bits per heavy atom. The second kappa shape index (κ2) is 5.80. The Hall–Kier alpha value is -1.65. The van der Waals surface area contributed by atoms with E-state index in [-0.39, 0.29) is 5.97 Å². The van der Waals surface area contributed by atoms with E-state index in [1.807, 2.05) is 6.08 Å². The molecule has 1 atom stereocenters. The molecule has 1 heterocycles. The van der Waals surface area contributed by atoms with Crippen LogP contribution in [-0.4, -0.2) is 16.2 Å². The van der Waals surface area contributed by atoms with E-state index in [0.717, 1.165) is 31.3 Å². The molecule has 1 aromatic heterocycles. The molecule has 0 spiro atoms. The molecule has 1 aromatic rings. The molecule has 0 radical (unpaired) electrons. The van der Waals surface area contributed by atoms with Gasteiger partial charge in [0.15, 0.2) is 6.10 Å². The first-order valence-corrected chi connectivity index (χ1v) is 6.37. The maximum atomic E-state index is 12.0. The molecule has 0 amide bonds. The van der Waals surface area contributed by atoms with Crippen LogP contribution in [0.1, 0.15) is 56.9 Å². The molecule has 0 fully saturated rings. The predicted molar refractivity (Wildman–Crippen MR) is 64.7 cm³/mol. The molecule has 98 valence electrons. The van der Waals surface area contributed by atoms with Gasteiger partial charge in [-0.25, -0.2) is 4.79 Å². The van der Waals surface area contributed by atoms with Crippen molar-refractivity contribution in [2.75, 3.05) is 0 Å². The van der Waals surface area contributed by atoms with Crippen molar-refractivity contribution in [1.29, 1.82) is 0 Å². The highest BCUT2D eigenvalue weighted by atomic mass is 16.6. The number of hydrogen-bond acceptors (Lipinski definition) is 5. The molecule has 5 nitrogen and oxygen atoms in total. The van der Waals surface area contributed by atoms with Crippen LogP contribution in [0.15, 0.2) is 16.1 Å². The van der Waals surface area contributed by atoms with Crippen molar-refractivity contribution in [3.63, 3.8) is 0 Å². The Morgan fingerprint density at radius 1 is 1.39 bits per heavy atom. The van der Waals surface area contributed by atoms with E-state index in [2.05, 4.69) is 10.2 Å². The average Bonchev–Trinajstić information content (AvgIpc) is 2.63. The van der Waals surface area contributed by atoms with E-state index in [1.54, 1.807) is 13.8 Å². The maximum Gasteiger partial charge on any atom is 0.334 e. The van der Waals surface area contributed by atoms with Gasteiger partial charge in [-0.1, -0.05) is 12.5 Å². The normalized spacial score (nSPS) is 17.8. The van der Waals surface area contributed by atoms with Crippen molar-refractivity contribution >= 4 is 5.97 Å². The second-order valence-electron chi connectivity index (χ2n) is 4.54. The first-order chi connectivity index (χ1) is 8.66. The summed E-state index contributed by atoms with van der Waals surface area (Å²) >= 11 is 0. The van der Waals surface area contributed by atoms with Gasteiger partial charge >= 0.3 is 5.97 Å². The number of rotatable bonds is 3. The number of aromatic nitrogens is 2. The minimum Gasteiger partial charge on any atom is -0.449 e. The lowest BCUT2D eigenvalue weighted by atomic mass is 10.1. The van der Waals surface area contributed by atoms with Gasteiger partial charge in [0.1, 0.15) is 0 Å². The summed E-state index contributed by atoms with van der Waals surface area (Å²) in [7, 11) is 0. The maximum absolute atomic E-state index is 12.0. The third-order valence-electron chi connectivity index (χ3n) is 2.98. The first kappa shape index (κ1) is 12.8. The van der Waals surface area contributed by atoms with Crippen LogP contribution in [0.25, 0.3) is 0 Å². The molecule has 0 bridgehead atoms. The van der Waals surface area contributed by atoms with Crippen LogP contribution in [0.4, 0.5) is 0 Å². The van der Waals surface area contributed by atoms with E-state index in [1.165, 1.54) is 6.42 Å². The zero-order chi connectivity index (χ0) is 13.0. The average molecular weight is 250 g/mol. The van der Waals surface area contributed by atoms with Crippen molar-refractivity contribution < 1.29 is 13.9 Å². The van der Waals surface area contributed by atoms with Gasteiger partial charge in [-0.05, 0) is 32.6 Å². The molecular weight excluding hydrogens is 232 g/mol. The number of allylic oxidation sites excluding steroid dienone is 1. The highest BCUT2D eigenvalue weighted by molar-refractivity contribution is 5.88. The lowest BCUT2D eigenvalue weighted by Crippen LogP contribution is -2.11. The SMILES string of the molecule is Cc1nnc([C@@H](C)OC(=O)C2=CCCCCC2)o1. The molecule has 2 rings (SSSR count). The highest BCUT2D eigenvalue weighted by Crippen LogP contribution is 2.22. The Bertz CT molecular complexity index is 451. The fraction of sp³-hybridized carbons (Fsp3) is 0.615. The molecule has 1 aliphatic rings. The summed E-state index contributed by atoms with van der Waals surface area (Å²) in [6.45, 7) is 3.45. The van der Waals surface area contributed by atoms with Crippen LogP contribution in [0.5, 0.6) is 0 Å². The number of ether oxygens (including phenoxy) is 1. The molecule has 5 heteroatoms. The molecule has 0 saturated heterocycles. The second-order valence-corrected chi connectivity index (χ2v) is 4.54. The van der Waals surface area contributed by atoms with Gasteiger partial charge in [0.2, 0.25) is 5.89 Å². The number of aryl methyl sites for hydroxylation is 1. The van der Waals surface area contributed by atoms with Gasteiger partial charge < -0.3 is 9.15 Å². The lowest BCUT2D eigenvalue weighted by Gasteiger charge is -2.10. The van der Waals surface area contributed by atoms with Crippen LogP contribution in [-0.2, 0) is 9.53 Å². The zero-order valence-corrected chi connectivity index (χ0v) is 10.8. The summed E-state index contributed by atoms with van der Waals surface area (Å²) in [5.74, 6) is 0.553. The fourth-order valence-electron chi connectivity index (χ4n) is 1.96. The van der Waals surface area contributed by atoms with E-state index >= 15 is 0 Å². The van der Waals surface area contributed by atoms with Crippen molar-refractivity contribution in [2.24, 2.45) is 0 Å². The Labute approximate surface area is 106 Å². The molecule has 0 aromatic carbocycles. The van der Waals surface area contributed by atoms with Crippen LogP contribution >= 0.6 is 0 Å².